The number of thiocarbonyl (C=S) groups is 1. The van der Waals surface area contributed by atoms with Crippen molar-refractivity contribution in [2.45, 2.75) is 6.42 Å². The number of hydrogen-bond donors (Lipinski definition) is 3. The summed E-state index contributed by atoms with van der Waals surface area (Å²) in [6.45, 7) is 0.496. The summed E-state index contributed by atoms with van der Waals surface area (Å²) < 4.78 is 6.40. The Kier molecular flexibility index (Phi) is 8.14. The highest BCUT2D eigenvalue weighted by atomic mass is 79.9. The molecule has 3 rings (SSSR count). The Bertz CT molecular complexity index is 1080. The van der Waals surface area contributed by atoms with Crippen LogP contribution in [0.5, 0.6) is 5.75 Å². The third-order valence-electron chi connectivity index (χ3n) is 4.23. The lowest BCUT2D eigenvalue weighted by Gasteiger charge is -2.12. The molecule has 0 unspecified atom stereocenters. The van der Waals surface area contributed by atoms with Gasteiger partial charge >= 0.3 is 0 Å². The van der Waals surface area contributed by atoms with Crippen molar-refractivity contribution in [2.75, 3.05) is 6.61 Å². The Hall–Kier alpha value is -3.23. The van der Waals surface area contributed by atoms with Gasteiger partial charge in [0.15, 0.2) is 5.11 Å². The Morgan fingerprint density at radius 3 is 2.39 bits per heavy atom. The molecule has 3 aromatic rings. The fraction of sp³-hybridized carbons (Fsp3) is 0.0870. The average molecular weight is 498 g/mol. The van der Waals surface area contributed by atoms with E-state index in [1.165, 1.54) is 5.56 Å². The SMILES string of the molecule is O=C(NC(=S)NNC(=O)c1ccccc1Br)c1cccc(OCCc2ccccc2)c1. The van der Waals surface area contributed by atoms with Crippen LogP contribution in [0, 0.1) is 0 Å². The first kappa shape index (κ1) is 22.5. The van der Waals surface area contributed by atoms with Gasteiger partial charge in [-0.1, -0.05) is 48.5 Å². The number of halogens is 1. The van der Waals surface area contributed by atoms with Crippen molar-refractivity contribution in [3.63, 3.8) is 0 Å². The van der Waals surface area contributed by atoms with Gasteiger partial charge in [0, 0.05) is 16.5 Å². The summed E-state index contributed by atoms with van der Waals surface area (Å²) in [5.41, 5.74) is 6.98. The Balaban J connectivity index is 1.48. The molecule has 31 heavy (non-hydrogen) atoms. The first-order valence-corrected chi connectivity index (χ1v) is 10.7. The minimum atomic E-state index is -0.416. The van der Waals surface area contributed by atoms with E-state index in [0.717, 1.165) is 6.42 Å². The second-order valence-electron chi connectivity index (χ2n) is 6.45. The maximum atomic E-state index is 12.5. The van der Waals surface area contributed by atoms with Crippen LogP contribution in [0.15, 0.2) is 83.3 Å². The minimum absolute atomic E-state index is 0.0270. The van der Waals surface area contributed by atoms with Gasteiger partial charge in [-0.25, -0.2) is 0 Å². The molecule has 0 atom stereocenters. The lowest BCUT2D eigenvalue weighted by atomic mass is 10.2. The van der Waals surface area contributed by atoms with Crippen LogP contribution in [0.2, 0.25) is 0 Å². The number of ether oxygens (including phenoxy) is 1. The van der Waals surface area contributed by atoms with Gasteiger partial charge in [0.25, 0.3) is 11.8 Å². The molecular formula is C23H20BrN3O3S. The fourth-order valence-electron chi connectivity index (χ4n) is 2.69. The van der Waals surface area contributed by atoms with E-state index >= 15 is 0 Å². The molecule has 158 valence electrons. The summed E-state index contributed by atoms with van der Waals surface area (Å²) in [6, 6.07) is 23.8. The maximum Gasteiger partial charge on any atom is 0.270 e. The van der Waals surface area contributed by atoms with Crippen molar-refractivity contribution in [3.05, 3.63) is 100 Å². The molecule has 0 aliphatic heterocycles. The van der Waals surface area contributed by atoms with Crippen LogP contribution < -0.4 is 20.9 Å². The number of nitrogens with one attached hydrogen (secondary N) is 3. The van der Waals surface area contributed by atoms with E-state index in [9.17, 15) is 9.59 Å². The Labute approximate surface area is 194 Å². The van der Waals surface area contributed by atoms with Gasteiger partial charge in [-0.3, -0.25) is 25.8 Å². The van der Waals surface area contributed by atoms with Crippen LogP contribution in [0.1, 0.15) is 26.3 Å². The molecule has 0 aromatic heterocycles. The number of carbonyl (C=O) groups is 2. The summed E-state index contributed by atoms with van der Waals surface area (Å²) >= 11 is 8.40. The van der Waals surface area contributed by atoms with Crippen molar-refractivity contribution in [3.8, 4) is 5.75 Å². The van der Waals surface area contributed by atoms with E-state index in [1.54, 1.807) is 48.5 Å². The molecule has 6 nitrogen and oxygen atoms in total. The molecule has 0 fully saturated rings. The molecule has 0 bridgehead atoms. The van der Waals surface area contributed by atoms with Gasteiger partial charge in [0.05, 0.1) is 12.2 Å². The van der Waals surface area contributed by atoms with Crippen LogP contribution in [-0.4, -0.2) is 23.5 Å². The lowest BCUT2D eigenvalue weighted by molar-refractivity contribution is 0.0934. The predicted molar refractivity (Wildman–Crippen MR) is 127 cm³/mol. The first-order chi connectivity index (χ1) is 15.0. The Morgan fingerprint density at radius 1 is 0.871 bits per heavy atom. The highest BCUT2D eigenvalue weighted by Gasteiger charge is 2.12. The quantitative estimate of drug-likeness (QED) is 0.354. The van der Waals surface area contributed by atoms with Gasteiger partial charge in [0.2, 0.25) is 0 Å². The van der Waals surface area contributed by atoms with Crippen LogP contribution in [0.3, 0.4) is 0 Å². The zero-order chi connectivity index (χ0) is 22.1. The number of hydrogen-bond acceptors (Lipinski definition) is 4. The molecule has 0 radical (unpaired) electrons. The van der Waals surface area contributed by atoms with E-state index in [2.05, 4.69) is 32.1 Å². The number of carbonyl (C=O) groups excluding carboxylic acids is 2. The Morgan fingerprint density at radius 2 is 1.61 bits per heavy atom. The number of benzene rings is 3. The smallest absolute Gasteiger partial charge is 0.270 e. The van der Waals surface area contributed by atoms with E-state index < -0.39 is 11.8 Å². The molecule has 3 aromatic carbocycles. The number of amides is 2. The van der Waals surface area contributed by atoms with Crippen LogP contribution >= 0.6 is 28.1 Å². The molecular weight excluding hydrogens is 478 g/mol. The van der Waals surface area contributed by atoms with E-state index in [-0.39, 0.29) is 5.11 Å². The second-order valence-corrected chi connectivity index (χ2v) is 7.72. The number of hydrazine groups is 1. The zero-order valence-corrected chi connectivity index (χ0v) is 18.8. The fourth-order valence-corrected chi connectivity index (χ4v) is 3.30. The minimum Gasteiger partial charge on any atom is -0.493 e. The standard InChI is InChI=1S/C23H20BrN3O3S/c24-20-12-5-4-11-19(20)22(29)26-27-23(31)25-21(28)17-9-6-10-18(15-17)30-14-13-16-7-2-1-3-8-16/h1-12,15H,13-14H2,(H,26,29)(H2,25,27,28,31). The van der Waals surface area contributed by atoms with Gasteiger partial charge < -0.3 is 4.74 Å². The van der Waals surface area contributed by atoms with Gasteiger partial charge in [0.1, 0.15) is 5.75 Å². The van der Waals surface area contributed by atoms with Gasteiger partial charge in [-0.2, -0.15) is 0 Å². The van der Waals surface area contributed by atoms with Crippen molar-refractivity contribution < 1.29 is 14.3 Å². The second kappa shape index (κ2) is 11.2. The van der Waals surface area contributed by atoms with Crippen LogP contribution in [-0.2, 0) is 6.42 Å². The highest BCUT2D eigenvalue weighted by molar-refractivity contribution is 9.10. The largest absolute Gasteiger partial charge is 0.493 e. The van der Waals surface area contributed by atoms with Crippen molar-refractivity contribution in [1.82, 2.24) is 16.2 Å². The maximum absolute atomic E-state index is 12.5. The summed E-state index contributed by atoms with van der Waals surface area (Å²) in [4.78, 5) is 24.6. The first-order valence-electron chi connectivity index (χ1n) is 9.46. The lowest BCUT2D eigenvalue weighted by Crippen LogP contribution is -2.48. The summed E-state index contributed by atoms with van der Waals surface area (Å²) in [5, 5.41) is 2.50. The van der Waals surface area contributed by atoms with Gasteiger partial charge in [-0.05, 0) is 64.0 Å². The van der Waals surface area contributed by atoms with Crippen LogP contribution in [0.25, 0.3) is 0 Å². The molecule has 0 saturated carbocycles. The third-order valence-corrected chi connectivity index (χ3v) is 5.13. The van der Waals surface area contributed by atoms with E-state index in [4.69, 9.17) is 17.0 Å². The molecule has 0 heterocycles. The summed E-state index contributed by atoms with van der Waals surface area (Å²) in [7, 11) is 0. The van der Waals surface area contributed by atoms with E-state index in [0.29, 0.717) is 28.0 Å². The molecule has 0 aliphatic rings. The van der Waals surface area contributed by atoms with E-state index in [1.807, 2.05) is 30.3 Å². The topological polar surface area (TPSA) is 79.5 Å². The molecule has 2 amide bonds. The van der Waals surface area contributed by atoms with Crippen molar-refractivity contribution >= 4 is 45.1 Å². The molecule has 0 saturated heterocycles. The summed E-state index contributed by atoms with van der Waals surface area (Å²) in [6.07, 6.45) is 0.766. The van der Waals surface area contributed by atoms with Crippen LogP contribution in [0.4, 0.5) is 0 Å². The van der Waals surface area contributed by atoms with Crippen molar-refractivity contribution in [2.24, 2.45) is 0 Å². The van der Waals surface area contributed by atoms with Crippen molar-refractivity contribution in [1.29, 1.82) is 0 Å². The predicted octanol–water partition coefficient (Wildman–Crippen LogP) is 4.02. The summed E-state index contributed by atoms with van der Waals surface area (Å²) in [5.74, 6) is -0.219. The number of rotatable bonds is 6. The average Bonchev–Trinajstić information content (AvgIpc) is 2.79. The molecule has 8 heteroatoms. The van der Waals surface area contributed by atoms with Gasteiger partial charge in [-0.15, -0.1) is 0 Å². The third kappa shape index (κ3) is 6.91. The highest BCUT2D eigenvalue weighted by Crippen LogP contribution is 2.15. The molecule has 0 aliphatic carbocycles. The zero-order valence-electron chi connectivity index (χ0n) is 16.4. The molecule has 3 N–H and O–H groups in total. The normalized spacial score (nSPS) is 10.1. The monoisotopic (exact) mass is 497 g/mol. The molecule has 0 spiro atoms.